The fourth-order valence-corrected chi connectivity index (χ4v) is 1.96. The minimum atomic E-state index is -0.542. The number of ether oxygens (including phenoxy) is 1. The predicted molar refractivity (Wildman–Crippen MR) is 49.8 cm³/mol. The Balaban J connectivity index is 2.01. The molecule has 2 fully saturated rings. The summed E-state index contributed by atoms with van der Waals surface area (Å²) >= 11 is 0. The summed E-state index contributed by atoms with van der Waals surface area (Å²) in [5.41, 5.74) is -0.542. The number of β-amino-alcohol motifs (C(OH)–C–C–N with tert-alkyl or cyclic N) is 1. The van der Waals surface area contributed by atoms with E-state index in [2.05, 4.69) is 5.32 Å². The van der Waals surface area contributed by atoms with Crippen LogP contribution in [0.2, 0.25) is 0 Å². The van der Waals surface area contributed by atoms with Crippen molar-refractivity contribution in [1.82, 2.24) is 10.2 Å². The molecule has 0 aromatic carbocycles. The maximum Gasteiger partial charge on any atom is 0.245 e. The van der Waals surface area contributed by atoms with Crippen LogP contribution < -0.4 is 5.32 Å². The first-order valence-electron chi connectivity index (χ1n) is 4.92. The van der Waals surface area contributed by atoms with Gasteiger partial charge in [-0.15, -0.1) is 0 Å². The number of likely N-dealkylation sites (tertiary alicyclic amines) is 1. The molecule has 80 valence electrons. The number of aliphatic hydroxyl groups is 1. The SMILES string of the molecule is CNC1(C(=O)N2CC(O)C2)CCOC1. The van der Waals surface area contributed by atoms with Crippen molar-refractivity contribution in [3.05, 3.63) is 0 Å². The summed E-state index contributed by atoms with van der Waals surface area (Å²) in [4.78, 5) is 13.7. The number of carbonyl (C=O) groups is 1. The molecule has 0 radical (unpaired) electrons. The van der Waals surface area contributed by atoms with Gasteiger partial charge < -0.3 is 20.1 Å². The number of rotatable bonds is 2. The number of amides is 1. The van der Waals surface area contributed by atoms with Gasteiger partial charge in [0.2, 0.25) is 5.91 Å². The van der Waals surface area contributed by atoms with Crippen molar-refractivity contribution >= 4 is 5.91 Å². The first-order valence-corrected chi connectivity index (χ1v) is 4.92. The Kier molecular flexibility index (Phi) is 2.47. The van der Waals surface area contributed by atoms with Gasteiger partial charge in [-0.2, -0.15) is 0 Å². The standard InChI is InChI=1S/C9H16N2O3/c1-10-9(2-3-14-6-9)8(13)11-4-7(12)5-11/h7,10,12H,2-6H2,1H3. The van der Waals surface area contributed by atoms with E-state index in [1.807, 2.05) is 0 Å². The first kappa shape index (κ1) is 9.89. The Bertz CT molecular complexity index is 232. The van der Waals surface area contributed by atoms with Crippen molar-refractivity contribution in [3.8, 4) is 0 Å². The zero-order valence-electron chi connectivity index (χ0n) is 8.32. The molecule has 2 N–H and O–H groups in total. The molecule has 2 rings (SSSR count). The number of nitrogens with one attached hydrogen (secondary N) is 1. The minimum Gasteiger partial charge on any atom is -0.389 e. The molecular weight excluding hydrogens is 184 g/mol. The van der Waals surface area contributed by atoms with E-state index in [9.17, 15) is 4.79 Å². The molecule has 0 aromatic heterocycles. The molecule has 2 aliphatic heterocycles. The van der Waals surface area contributed by atoms with Crippen molar-refractivity contribution in [1.29, 1.82) is 0 Å². The summed E-state index contributed by atoms with van der Waals surface area (Å²) in [5, 5.41) is 12.2. The Hall–Kier alpha value is -0.650. The molecule has 0 aliphatic carbocycles. The second kappa shape index (κ2) is 3.49. The van der Waals surface area contributed by atoms with E-state index in [1.165, 1.54) is 0 Å². The van der Waals surface area contributed by atoms with Crippen LogP contribution in [0.15, 0.2) is 0 Å². The molecule has 0 saturated carbocycles. The highest BCUT2D eigenvalue weighted by atomic mass is 16.5. The highest BCUT2D eigenvalue weighted by Crippen LogP contribution is 2.23. The van der Waals surface area contributed by atoms with Gasteiger partial charge in [-0.25, -0.2) is 0 Å². The highest BCUT2D eigenvalue weighted by Gasteiger charge is 2.46. The van der Waals surface area contributed by atoms with Crippen LogP contribution in [0.3, 0.4) is 0 Å². The molecule has 2 heterocycles. The molecule has 1 atom stereocenters. The van der Waals surface area contributed by atoms with Gasteiger partial charge in [0.15, 0.2) is 0 Å². The smallest absolute Gasteiger partial charge is 0.245 e. The summed E-state index contributed by atoms with van der Waals surface area (Å²) in [6.07, 6.45) is 0.379. The van der Waals surface area contributed by atoms with Gasteiger partial charge >= 0.3 is 0 Å². The average molecular weight is 200 g/mol. The number of aliphatic hydroxyl groups excluding tert-OH is 1. The molecule has 0 bridgehead atoms. The number of hydrogen-bond acceptors (Lipinski definition) is 4. The average Bonchev–Trinajstić information content (AvgIpc) is 2.61. The van der Waals surface area contributed by atoms with Gasteiger partial charge in [0, 0.05) is 26.1 Å². The Labute approximate surface area is 83.0 Å². The van der Waals surface area contributed by atoms with Crippen LogP contribution in [-0.4, -0.2) is 60.9 Å². The third-order valence-electron chi connectivity index (χ3n) is 3.06. The van der Waals surface area contributed by atoms with Gasteiger partial charge in [-0.3, -0.25) is 4.79 Å². The van der Waals surface area contributed by atoms with Gasteiger partial charge in [0.05, 0.1) is 12.7 Å². The minimum absolute atomic E-state index is 0.0581. The van der Waals surface area contributed by atoms with Crippen LogP contribution in [0, 0.1) is 0 Å². The van der Waals surface area contributed by atoms with E-state index in [0.717, 1.165) is 6.42 Å². The molecule has 1 unspecified atom stereocenters. The van der Waals surface area contributed by atoms with Gasteiger partial charge in [-0.1, -0.05) is 0 Å². The zero-order chi connectivity index (χ0) is 10.2. The molecule has 5 nitrogen and oxygen atoms in total. The van der Waals surface area contributed by atoms with Gasteiger partial charge in [0.1, 0.15) is 5.54 Å². The lowest BCUT2D eigenvalue weighted by Gasteiger charge is -2.41. The maximum absolute atomic E-state index is 12.0. The lowest BCUT2D eigenvalue weighted by atomic mass is 9.95. The van der Waals surface area contributed by atoms with Crippen LogP contribution in [0.1, 0.15) is 6.42 Å². The molecule has 1 amide bonds. The fourth-order valence-electron chi connectivity index (χ4n) is 1.96. The zero-order valence-corrected chi connectivity index (χ0v) is 8.32. The van der Waals surface area contributed by atoms with E-state index >= 15 is 0 Å². The molecule has 2 saturated heterocycles. The van der Waals surface area contributed by atoms with Crippen LogP contribution in [0.5, 0.6) is 0 Å². The van der Waals surface area contributed by atoms with Crippen LogP contribution in [0.4, 0.5) is 0 Å². The van der Waals surface area contributed by atoms with Gasteiger partial charge in [-0.05, 0) is 7.05 Å². The summed E-state index contributed by atoms with van der Waals surface area (Å²) in [7, 11) is 1.78. The normalized spacial score (nSPS) is 33.1. The quantitative estimate of drug-likeness (QED) is 0.573. The first-order chi connectivity index (χ1) is 6.68. The number of likely N-dealkylation sites (N-methyl/N-ethyl adjacent to an activating group) is 1. The van der Waals surface area contributed by atoms with E-state index in [4.69, 9.17) is 9.84 Å². The molecular formula is C9H16N2O3. The summed E-state index contributed by atoms with van der Waals surface area (Å²) in [6.45, 7) is 1.99. The van der Waals surface area contributed by atoms with E-state index < -0.39 is 5.54 Å². The Morgan fingerprint density at radius 1 is 1.64 bits per heavy atom. The monoisotopic (exact) mass is 200 g/mol. The largest absolute Gasteiger partial charge is 0.389 e. The number of hydrogen-bond donors (Lipinski definition) is 2. The van der Waals surface area contributed by atoms with Crippen LogP contribution in [-0.2, 0) is 9.53 Å². The van der Waals surface area contributed by atoms with E-state index in [-0.39, 0.29) is 12.0 Å². The molecule has 0 spiro atoms. The van der Waals surface area contributed by atoms with Gasteiger partial charge in [0.25, 0.3) is 0 Å². The maximum atomic E-state index is 12.0. The summed E-state index contributed by atoms with van der Waals surface area (Å²) in [6, 6.07) is 0. The van der Waals surface area contributed by atoms with Crippen LogP contribution >= 0.6 is 0 Å². The topological polar surface area (TPSA) is 61.8 Å². The molecule has 0 aromatic rings. The Morgan fingerprint density at radius 3 is 2.79 bits per heavy atom. The highest BCUT2D eigenvalue weighted by molar-refractivity contribution is 5.87. The summed E-state index contributed by atoms with van der Waals surface area (Å²) in [5.74, 6) is 0.0581. The second-order valence-corrected chi connectivity index (χ2v) is 4.00. The fraction of sp³-hybridized carbons (Fsp3) is 0.889. The van der Waals surface area contributed by atoms with Crippen molar-refractivity contribution < 1.29 is 14.6 Å². The number of carbonyl (C=O) groups excluding carboxylic acids is 1. The van der Waals surface area contributed by atoms with Crippen molar-refractivity contribution in [3.63, 3.8) is 0 Å². The molecule has 2 aliphatic rings. The number of nitrogens with zero attached hydrogens (tertiary/aromatic N) is 1. The van der Waals surface area contributed by atoms with Crippen molar-refractivity contribution in [2.75, 3.05) is 33.4 Å². The lowest BCUT2D eigenvalue weighted by Crippen LogP contribution is -2.64. The third kappa shape index (κ3) is 1.41. The molecule has 5 heteroatoms. The van der Waals surface area contributed by atoms with Crippen molar-refractivity contribution in [2.24, 2.45) is 0 Å². The molecule has 14 heavy (non-hydrogen) atoms. The lowest BCUT2D eigenvalue weighted by molar-refractivity contribution is -0.148. The van der Waals surface area contributed by atoms with E-state index in [1.54, 1.807) is 11.9 Å². The Morgan fingerprint density at radius 2 is 2.36 bits per heavy atom. The van der Waals surface area contributed by atoms with Crippen LogP contribution in [0.25, 0.3) is 0 Å². The van der Waals surface area contributed by atoms with E-state index in [0.29, 0.717) is 26.3 Å². The third-order valence-corrected chi connectivity index (χ3v) is 3.06. The summed E-state index contributed by atoms with van der Waals surface area (Å²) < 4.78 is 5.25. The predicted octanol–water partition coefficient (Wildman–Crippen LogP) is -1.43. The van der Waals surface area contributed by atoms with Crippen molar-refractivity contribution in [2.45, 2.75) is 18.1 Å². The second-order valence-electron chi connectivity index (χ2n) is 4.00.